The third-order valence-corrected chi connectivity index (χ3v) is 1.45. The molecular weight excluding hydrogens is 208 g/mol. The molecule has 0 aliphatic rings. The fourth-order valence-electron chi connectivity index (χ4n) is 0.660. The number of nitrogens with one attached hydrogen (secondary N) is 2. The Balaban J connectivity index is 2.54. The highest BCUT2D eigenvalue weighted by Gasteiger charge is 2.06. The third-order valence-electron chi connectivity index (χ3n) is 1.24. The summed E-state index contributed by atoms with van der Waals surface area (Å²) in [7, 11) is 0. The van der Waals surface area contributed by atoms with Gasteiger partial charge in [0, 0.05) is 0 Å². The Hall–Kier alpha value is -1.82. The molecule has 0 saturated heterocycles. The molecule has 0 aromatic carbocycles. The SMILES string of the molecule is NC(=O)C(=O)NNc1cccc(Cl)n1. The van der Waals surface area contributed by atoms with Gasteiger partial charge in [-0.1, -0.05) is 17.7 Å². The van der Waals surface area contributed by atoms with Gasteiger partial charge in [-0.15, -0.1) is 0 Å². The maximum Gasteiger partial charge on any atom is 0.327 e. The molecular formula is C7H7ClN4O2. The lowest BCUT2D eigenvalue weighted by atomic mass is 10.5. The van der Waals surface area contributed by atoms with E-state index < -0.39 is 11.8 Å². The number of primary amides is 1. The standard InChI is InChI=1S/C7H7ClN4O2/c8-4-2-1-3-5(10-4)11-12-7(14)6(9)13/h1-3H,(H2,9,13)(H,10,11)(H,12,14). The second-order valence-electron chi connectivity index (χ2n) is 2.29. The highest BCUT2D eigenvalue weighted by Crippen LogP contribution is 2.07. The number of pyridine rings is 1. The summed E-state index contributed by atoms with van der Waals surface area (Å²) in [4.78, 5) is 24.8. The molecule has 0 bridgehead atoms. The molecule has 14 heavy (non-hydrogen) atoms. The van der Waals surface area contributed by atoms with Gasteiger partial charge >= 0.3 is 11.8 Å². The molecule has 0 aliphatic carbocycles. The van der Waals surface area contributed by atoms with Gasteiger partial charge < -0.3 is 5.73 Å². The van der Waals surface area contributed by atoms with Gasteiger partial charge in [0.15, 0.2) is 0 Å². The number of hydrazine groups is 1. The van der Waals surface area contributed by atoms with Gasteiger partial charge in [0.2, 0.25) is 0 Å². The highest BCUT2D eigenvalue weighted by molar-refractivity contribution is 6.34. The van der Waals surface area contributed by atoms with Crippen molar-refractivity contribution in [3.05, 3.63) is 23.4 Å². The molecule has 74 valence electrons. The molecule has 1 rings (SSSR count). The number of halogens is 1. The normalized spacial score (nSPS) is 9.21. The summed E-state index contributed by atoms with van der Waals surface area (Å²) in [5, 5.41) is 0.267. The van der Waals surface area contributed by atoms with E-state index in [1.54, 1.807) is 18.2 Å². The van der Waals surface area contributed by atoms with Crippen molar-refractivity contribution in [2.75, 3.05) is 5.43 Å². The number of rotatable bonds is 2. The van der Waals surface area contributed by atoms with Crippen LogP contribution in [0.4, 0.5) is 5.82 Å². The fourth-order valence-corrected chi connectivity index (χ4v) is 0.824. The Kier molecular flexibility index (Phi) is 3.24. The maximum atomic E-state index is 10.7. The maximum absolute atomic E-state index is 10.7. The van der Waals surface area contributed by atoms with Crippen LogP contribution in [0.1, 0.15) is 0 Å². The van der Waals surface area contributed by atoms with E-state index in [1.807, 2.05) is 5.43 Å². The van der Waals surface area contributed by atoms with Crippen molar-refractivity contribution < 1.29 is 9.59 Å². The molecule has 2 amide bonds. The number of hydrogen-bond donors (Lipinski definition) is 3. The van der Waals surface area contributed by atoms with Crippen molar-refractivity contribution >= 4 is 29.2 Å². The lowest BCUT2D eigenvalue weighted by molar-refractivity contribution is -0.136. The summed E-state index contributed by atoms with van der Waals surface area (Å²) in [6.45, 7) is 0. The van der Waals surface area contributed by atoms with E-state index in [0.717, 1.165) is 0 Å². The lowest BCUT2D eigenvalue weighted by Gasteiger charge is -2.04. The summed E-state index contributed by atoms with van der Waals surface area (Å²) in [5.41, 5.74) is 9.10. The van der Waals surface area contributed by atoms with E-state index >= 15 is 0 Å². The molecule has 0 fully saturated rings. The first-order chi connectivity index (χ1) is 6.59. The minimum atomic E-state index is -1.08. The van der Waals surface area contributed by atoms with Gasteiger partial charge in [-0.2, -0.15) is 0 Å². The number of nitrogens with zero attached hydrogens (tertiary/aromatic N) is 1. The predicted molar refractivity (Wildman–Crippen MR) is 50.2 cm³/mol. The minimum Gasteiger partial charge on any atom is -0.361 e. The van der Waals surface area contributed by atoms with Crippen LogP contribution < -0.4 is 16.6 Å². The molecule has 7 heteroatoms. The molecule has 0 spiro atoms. The van der Waals surface area contributed by atoms with Gasteiger partial charge in [-0.3, -0.25) is 20.4 Å². The number of amides is 2. The van der Waals surface area contributed by atoms with Crippen molar-refractivity contribution in [1.29, 1.82) is 0 Å². The van der Waals surface area contributed by atoms with Crippen molar-refractivity contribution in [2.45, 2.75) is 0 Å². The van der Waals surface area contributed by atoms with Crippen molar-refractivity contribution in [2.24, 2.45) is 5.73 Å². The van der Waals surface area contributed by atoms with Crippen LogP contribution in [0.3, 0.4) is 0 Å². The Morgan fingerprint density at radius 1 is 1.43 bits per heavy atom. The van der Waals surface area contributed by atoms with Crippen LogP contribution in [-0.4, -0.2) is 16.8 Å². The molecule has 0 unspecified atom stereocenters. The molecule has 1 aromatic heterocycles. The predicted octanol–water partition coefficient (Wildman–Crippen LogP) is -0.337. The Morgan fingerprint density at radius 2 is 2.14 bits per heavy atom. The lowest BCUT2D eigenvalue weighted by Crippen LogP contribution is -2.39. The Bertz CT molecular complexity index is 368. The summed E-state index contributed by atoms with van der Waals surface area (Å²) >= 11 is 5.57. The van der Waals surface area contributed by atoms with E-state index in [1.165, 1.54) is 0 Å². The summed E-state index contributed by atoms with van der Waals surface area (Å²) in [5.74, 6) is -1.72. The number of aromatic nitrogens is 1. The molecule has 4 N–H and O–H groups in total. The van der Waals surface area contributed by atoms with Crippen molar-refractivity contribution in [1.82, 2.24) is 10.4 Å². The van der Waals surface area contributed by atoms with Crippen LogP contribution in [0.2, 0.25) is 5.15 Å². The van der Waals surface area contributed by atoms with Gasteiger partial charge in [-0.25, -0.2) is 4.98 Å². The second-order valence-corrected chi connectivity index (χ2v) is 2.68. The monoisotopic (exact) mass is 214 g/mol. The first-order valence-corrected chi connectivity index (χ1v) is 3.96. The second kappa shape index (κ2) is 4.43. The molecule has 0 atom stereocenters. The molecule has 0 aliphatic heterocycles. The zero-order valence-corrected chi connectivity index (χ0v) is 7.71. The van der Waals surface area contributed by atoms with E-state index in [9.17, 15) is 9.59 Å². The van der Waals surface area contributed by atoms with Crippen LogP contribution in [0.15, 0.2) is 18.2 Å². The minimum absolute atomic E-state index is 0.267. The van der Waals surface area contributed by atoms with Crippen LogP contribution in [0.5, 0.6) is 0 Å². The summed E-state index contributed by atoms with van der Waals surface area (Å²) in [6, 6.07) is 4.77. The fraction of sp³-hybridized carbons (Fsp3) is 0. The molecule has 6 nitrogen and oxygen atoms in total. The van der Waals surface area contributed by atoms with Crippen LogP contribution in [0, 0.1) is 0 Å². The zero-order chi connectivity index (χ0) is 10.6. The van der Waals surface area contributed by atoms with E-state index in [-0.39, 0.29) is 5.15 Å². The third kappa shape index (κ3) is 2.91. The number of nitrogens with two attached hydrogens (primary N) is 1. The molecule has 1 heterocycles. The quantitative estimate of drug-likeness (QED) is 0.357. The topological polar surface area (TPSA) is 97.1 Å². The molecule has 0 saturated carbocycles. The van der Waals surface area contributed by atoms with Gasteiger partial charge in [0.25, 0.3) is 0 Å². The first-order valence-electron chi connectivity index (χ1n) is 3.58. The number of hydrogen-bond acceptors (Lipinski definition) is 4. The van der Waals surface area contributed by atoms with E-state index in [4.69, 9.17) is 17.3 Å². The Labute approximate surface area is 84.4 Å². The largest absolute Gasteiger partial charge is 0.361 e. The van der Waals surface area contributed by atoms with E-state index in [0.29, 0.717) is 5.82 Å². The summed E-state index contributed by atoms with van der Waals surface area (Å²) < 4.78 is 0. The van der Waals surface area contributed by atoms with Crippen molar-refractivity contribution in [3.8, 4) is 0 Å². The van der Waals surface area contributed by atoms with Gasteiger partial charge in [0.05, 0.1) is 0 Å². The van der Waals surface area contributed by atoms with Gasteiger partial charge in [0.1, 0.15) is 11.0 Å². The Morgan fingerprint density at radius 3 is 2.71 bits per heavy atom. The first kappa shape index (κ1) is 10.3. The molecule has 1 aromatic rings. The highest BCUT2D eigenvalue weighted by atomic mass is 35.5. The van der Waals surface area contributed by atoms with Crippen LogP contribution >= 0.6 is 11.6 Å². The van der Waals surface area contributed by atoms with Crippen LogP contribution in [0.25, 0.3) is 0 Å². The van der Waals surface area contributed by atoms with Crippen LogP contribution in [-0.2, 0) is 9.59 Å². The molecule has 0 radical (unpaired) electrons. The zero-order valence-electron chi connectivity index (χ0n) is 6.95. The number of anilines is 1. The van der Waals surface area contributed by atoms with E-state index in [2.05, 4.69) is 10.4 Å². The number of carbonyl (C=O) groups is 2. The van der Waals surface area contributed by atoms with Gasteiger partial charge in [-0.05, 0) is 12.1 Å². The van der Waals surface area contributed by atoms with Crippen molar-refractivity contribution in [3.63, 3.8) is 0 Å². The smallest absolute Gasteiger partial charge is 0.327 e. The average Bonchev–Trinajstić information content (AvgIpc) is 2.14. The number of carbonyl (C=O) groups excluding carboxylic acids is 2. The summed E-state index contributed by atoms with van der Waals surface area (Å²) in [6.07, 6.45) is 0. The average molecular weight is 215 g/mol.